The molecule has 0 aliphatic rings. The first-order valence-corrected chi connectivity index (χ1v) is 7.56. The molecule has 0 aromatic heterocycles. The standard InChI is InChI=1S/C13H19N3O3S/c1-4-5-15-8-13(17)16-12-7-11(20(14,18)19)6-9(2)10(12)3/h4,6-7,15H,1,5,8H2,2-3H3,(H,16,17)(H2,14,18,19). The Hall–Kier alpha value is -1.70. The van der Waals surface area contributed by atoms with Gasteiger partial charge in [0, 0.05) is 12.2 Å². The second-order valence-corrected chi connectivity index (χ2v) is 5.99. The van der Waals surface area contributed by atoms with E-state index in [4.69, 9.17) is 5.14 Å². The Bertz CT molecular complexity index is 624. The maximum absolute atomic E-state index is 11.7. The van der Waals surface area contributed by atoms with Crippen LogP contribution in [0.2, 0.25) is 0 Å². The third-order valence-electron chi connectivity index (χ3n) is 2.82. The fourth-order valence-electron chi connectivity index (χ4n) is 1.60. The van der Waals surface area contributed by atoms with Crippen LogP contribution >= 0.6 is 0 Å². The zero-order chi connectivity index (χ0) is 15.3. The highest BCUT2D eigenvalue weighted by atomic mass is 32.2. The Balaban J connectivity index is 2.97. The molecule has 0 saturated heterocycles. The number of amides is 1. The molecule has 20 heavy (non-hydrogen) atoms. The minimum absolute atomic E-state index is 0.0186. The van der Waals surface area contributed by atoms with Gasteiger partial charge in [-0.15, -0.1) is 6.58 Å². The van der Waals surface area contributed by atoms with Crippen LogP contribution in [-0.4, -0.2) is 27.4 Å². The first-order valence-electron chi connectivity index (χ1n) is 6.01. The SMILES string of the molecule is C=CCNCC(=O)Nc1cc(S(N)(=O)=O)cc(C)c1C. The molecular weight excluding hydrogens is 278 g/mol. The lowest BCUT2D eigenvalue weighted by Crippen LogP contribution is -2.28. The number of benzene rings is 1. The number of carbonyl (C=O) groups is 1. The molecule has 0 saturated carbocycles. The Morgan fingerprint density at radius 3 is 2.60 bits per heavy atom. The Labute approximate surface area is 119 Å². The third-order valence-corrected chi connectivity index (χ3v) is 3.71. The number of rotatable bonds is 6. The van der Waals surface area contributed by atoms with Gasteiger partial charge in [-0.05, 0) is 37.1 Å². The van der Waals surface area contributed by atoms with Crippen LogP contribution in [0, 0.1) is 13.8 Å². The lowest BCUT2D eigenvalue weighted by Gasteiger charge is -2.12. The van der Waals surface area contributed by atoms with E-state index in [1.165, 1.54) is 12.1 Å². The molecule has 110 valence electrons. The Morgan fingerprint density at radius 1 is 1.40 bits per heavy atom. The third kappa shape index (κ3) is 4.44. The van der Waals surface area contributed by atoms with Crippen LogP contribution in [0.4, 0.5) is 5.69 Å². The fraction of sp³-hybridized carbons (Fsp3) is 0.308. The molecule has 1 aromatic carbocycles. The van der Waals surface area contributed by atoms with E-state index in [2.05, 4.69) is 17.2 Å². The zero-order valence-electron chi connectivity index (χ0n) is 11.6. The highest BCUT2D eigenvalue weighted by Gasteiger charge is 2.13. The lowest BCUT2D eigenvalue weighted by molar-refractivity contribution is -0.115. The number of carbonyl (C=O) groups excluding carboxylic acids is 1. The summed E-state index contributed by atoms with van der Waals surface area (Å²) in [7, 11) is -3.80. The van der Waals surface area contributed by atoms with Gasteiger partial charge in [-0.3, -0.25) is 4.79 Å². The average molecular weight is 297 g/mol. The topological polar surface area (TPSA) is 101 Å². The molecule has 1 rings (SSSR count). The summed E-state index contributed by atoms with van der Waals surface area (Å²) in [6.45, 7) is 7.72. The quantitative estimate of drug-likeness (QED) is 0.530. The van der Waals surface area contributed by atoms with Gasteiger partial charge in [-0.25, -0.2) is 13.6 Å². The van der Waals surface area contributed by atoms with E-state index in [-0.39, 0.29) is 17.3 Å². The molecule has 0 aliphatic heterocycles. The van der Waals surface area contributed by atoms with Crippen LogP contribution in [0.1, 0.15) is 11.1 Å². The van der Waals surface area contributed by atoms with Gasteiger partial charge < -0.3 is 10.6 Å². The number of nitrogens with two attached hydrogens (primary N) is 1. The summed E-state index contributed by atoms with van der Waals surface area (Å²) in [5.74, 6) is -0.263. The number of primary sulfonamides is 1. The zero-order valence-corrected chi connectivity index (χ0v) is 12.4. The van der Waals surface area contributed by atoms with Crippen LogP contribution < -0.4 is 15.8 Å². The van der Waals surface area contributed by atoms with Gasteiger partial charge in [-0.2, -0.15) is 0 Å². The number of hydrogen-bond donors (Lipinski definition) is 3. The molecule has 0 spiro atoms. The Kier molecular flexibility index (Phi) is 5.43. The molecule has 0 atom stereocenters. The van der Waals surface area contributed by atoms with E-state index < -0.39 is 10.0 Å². The van der Waals surface area contributed by atoms with Crippen molar-refractivity contribution in [3.63, 3.8) is 0 Å². The second kappa shape index (κ2) is 6.65. The summed E-state index contributed by atoms with van der Waals surface area (Å²) in [6, 6.07) is 2.85. The minimum Gasteiger partial charge on any atom is -0.325 e. The molecule has 4 N–H and O–H groups in total. The molecule has 0 aliphatic carbocycles. The molecule has 0 bridgehead atoms. The van der Waals surface area contributed by atoms with E-state index in [1.54, 1.807) is 19.9 Å². The van der Waals surface area contributed by atoms with Crippen molar-refractivity contribution in [3.8, 4) is 0 Å². The van der Waals surface area contributed by atoms with E-state index in [0.717, 1.165) is 11.1 Å². The van der Waals surface area contributed by atoms with Crippen molar-refractivity contribution in [2.75, 3.05) is 18.4 Å². The van der Waals surface area contributed by atoms with Crippen molar-refractivity contribution in [1.29, 1.82) is 0 Å². The maximum atomic E-state index is 11.7. The van der Waals surface area contributed by atoms with Gasteiger partial charge >= 0.3 is 0 Å². The molecule has 0 fully saturated rings. The number of sulfonamides is 1. The van der Waals surface area contributed by atoms with Crippen molar-refractivity contribution < 1.29 is 13.2 Å². The van der Waals surface area contributed by atoms with Crippen LogP contribution in [0.25, 0.3) is 0 Å². The molecule has 1 amide bonds. The monoisotopic (exact) mass is 297 g/mol. The number of nitrogens with one attached hydrogen (secondary N) is 2. The van der Waals surface area contributed by atoms with Crippen LogP contribution in [0.15, 0.2) is 29.7 Å². The average Bonchev–Trinajstić information content (AvgIpc) is 2.33. The number of aryl methyl sites for hydroxylation is 1. The van der Waals surface area contributed by atoms with Crippen molar-refractivity contribution in [3.05, 3.63) is 35.9 Å². The smallest absolute Gasteiger partial charge is 0.238 e. The van der Waals surface area contributed by atoms with Gasteiger partial charge in [0.1, 0.15) is 0 Å². The predicted molar refractivity (Wildman–Crippen MR) is 79.0 cm³/mol. The van der Waals surface area contributed by atoms with Gasteiger partial charge in [-0.1, -0.05) is 6.08 Å². The molecule has 7 heteroatoms. The lowest BCUT2D eigenvalue weighted by atomic mass is 10.1. The molecule has 0 radical (unpaired) electrons. The van der Waals surface area contributed by atoms with Crippen LogP contribution in [-0.2, 0) is 14.8 Å². The summed E-state index contributed by atoms with van der Waals surface area (Å²) in [4.78, 5) is 11.7. The van der Waals surface area contributed by atoms with Crippen LogP contribution in [0.5, 0.6) is 0 Å². The predicted octanol–water partition coefficient (Wildman–Crippen LogP) is 0.665. The minimum atomic E-state index is -3.80. The second-order valence-electron chi connectivity index (χ2n) is 4.43. The summed E-state index contributed by atoms with van der Waals surface area (Å²) in [6.07, 6.45) is 1.64. The summed E-state index contributed by atoms with van der Waals surface area (Å²) in [5.41, 5.74) is 1.99. The highest BCUT2D eigenvalue weighted by molar-refractivity contribution is 7.89. The first-order chi connectivity index (χ1) is 9.25. The Morgan fingerprint density at radius 2 is 2.05 bits per heavy atom. The van der Waals surface area contributed by atoms with Gasteiger partial charge in [0.05, 0.1) is 11.4 Å². The van der Waals surface area contributed by atoms with E-state index in [9.17, 15) is 13.2 Å². The molecule has 6 nitrogen and oxygen atoms in total. The highest BCUT2D eigenvalue weighted by Crippen LogP contribution is 2.23. The number of anilines is 1. The van der Waals surface area contributed by atoms with E-state index in [1.807, 2.05) is 0 Å². The van der Waals surface area contributed by atoms with Gasteiger partial charge in [0.25, 0.3) is 0 Å². The largest absolute Gasteiger partial charge is 0.325 e. The van der Waals surface area contributed by atoms with Gasteiger partial charge in [0.15, 0.2) is 0 Å². The van der Waals surface area contributed by atoms with E-state index in [0.29, 0.717) is 12.2 Å². The summed E-state index contributed by atoms with van der Waals surface area (Å²) < 4.78 is 22.8. The molecule has 0 heterocycles. The molecule has 0 unspecified atom stereocenters. The summed E-state index contributed by atoms with van der Waals surface area (Å²) >= 11 is 0. The number of hydrogen-bond acceptors (Lipinski definition) is 4. The normalized spacial score (nSPS) is 11.2. The molecule has 1 aromatic rings. The van der Waals surface area contributed by atoms with Crippen LogP contribution in [0.3, 0.4) is 0 Å². The maximum Gasteiger partial charge on any atom is 0.238 e. The summed E-state index contributed by atoms with van der Waals surface area (Å²) in [5, 5.41) is 10.6. The van der Waals surface area contributed by atoms with Crippen molar-refractivity contribution in [1.82, 2.24) is 5.32 Å². The van der Waals surface area contributed by atoms with Crippen molar-refractivity contribution in [2.45, 2.75) is 18.7 Å². The first kappa shape index (κ1) is 16.4. The fourth-order valence-corrected chi connectivity index (χ4v) is 2.23. The van der Waals surface area contributed by atoms with Crippen molar-refractivity contribution in [2.24, 2.45) is 5.14 Å². The molecular formula is C13H19N3O3S. The van der Waals surface area contributed by atoms with E-state index >= 15 is 0 Å². The van der Waals surface area contributed by atoms with Crippen molar-refractivity contribution >= 4 is 21.6 Å². The van der Waals surface area contributed by atoms with Gasteiger partial charge in [0.2, 0.25) is 15.9 Å².